The lowest BCUT2D eigenvalue weighted by Gasteiger charge is -2.00. The van der Waals surface area contributed by atoms with Gasteiger partial charge in [-0.3, -0.25) is 4.98 Å². The molecule has 11 rings (SSSR count). The fourth-order valence-corrected chi connectivity index (χ4v) is 4.28. The SMILES string of the molecule is Cc1cc(-c2ccccc2)ccn1.Cc1cccnn1.Cc1ccnnc1.Cc1ccnnn1.Cc1cncnc1.Cc1cncnn1.Cc1cnncn1.Cc1cnnnc1.Cc1nccnn1.Cc1ncncn1. The Morgan fingerprint density at radius 1 is 0.263 bits per heavy atom. The third-order valence-corrected chi connectivity index (χ3v) is 7.83. The molecule has 0 spiro atoms. The standard InChI is InChI=1S/C12H11N.3C5H6N2.6C4H5N3/c1-10-9-12(7-8-13-10)11-5-3-2-4-6-11;1-5-2-6-4-7-3-5;1-5-2-3-6-7-4-5;1-5-3-2-4-6-7-5;1-4-6-2-5-3-7-4;1-4-2-6-7-3-5-4;1-4-2-5-3-6-7-4;1-4-2-5-7-6-3-4;1-4-5-2-3-6-7-4;1-4-2-3-5-7-6-4/h2-9H,1H3;3*2-4H,1H3;6*2-3H,1H3. The molecule has 0 amide bonds. The molecule has 0 atom stereocenters. The van der Waals surface area contributed by atoms with E-state index in [0.29, 0.717) is 5.82 Å². The Hall–Kier alpha value is -10.3. The summed E-state index contributed by atoms with van der Waals surface area (Å²) in [5.41, 5.74) is 10.4. The van der Waals surface area contributed by atoms with Crippen LogP contribution >= 0.6 is 0 Å². The van der Waals surface area contributed by atoms with E-state index in [9.17, 15) is 0 Å². The van der Waals surface area contributed by atoms with E-state index in [1.165, 1.54) is 42.8 Å². The molecule has 388 valence electrons. The maximum absolute atomic E-state index is 4.17. The molecule has 0 N–H and O–H groups in total. The Labute approximate surface area is 441 Å². The van der Waals surface area contributed by atoms with Crippen molar-refractivity contribution >= 4 is 0 Å². The highest BCUT2D eigenvalue weighted by Crippen LogP contribution is 2.18. The Balaban J connectivity index is 0.000000291. The van der Waals surface area contributed by atoms with E-state index in [4.69, 9.17) is 0 Å². The molecule has 25 nitrogen and oxygen atoms in total. The summed E-state index contributed by atoms with van der Waals surface area (Å²) in [4.78, 5) is 34.2. The van der Waals surface area contributed by atoms with Gasteiger partial charge in [0, 0.05) is 42.9 Å². The number of hydrogen-bond acceptors (Lipinski definition) is 25. The lowest BCUT2D eigenvalue weighted by Crippen LogP contribution is -1.85. The molecule has 0 bridgehead atoms. The van der Waals surface area contributed by atoms with Gasteiger partial charge >= 0.3 is 0 Å². The zero-order chi connectivity index (χ0) is 55.1. The minimum Gasteiger partial charge on any atom is -0.262 e. The maximum Gasteiger partial charge on any atom is 0.147 e. The van der Waals surface area contributed by atoms with Crippen LogP contribution in [0, 0.1) is 69.2 Å². The quantitative estimate of drug-likeness (QED) is 0.169. The van der Waals surface area contributed by atoms with Gasteiger partial charge in [-0.05, 0) is 144 Å². The van der Waals surface area contributed by atoms with Crippen molar-refractivity contribution in [2.24, 2.45) is 0 Å². The number of hydrogen-bond donors (Lipinski definition) is 0. The minimum absolute atomic E-state index is 0.711. The first kappa shape index (κ1) is 61.8. The number of pyridine rings is 1. The fourth-order valence-electron chi connectivity index (χ4n) is 4.28. The molecular weight excluding hydrogens is 963 g/mol. The van der Waals surface area contributed by atoms with E-state index in [0.717, 1.165) is 51.0 Å². The van der Waals surface area contributed by atoms with Crippen LogP contribution in [0.4, 0.5) is 0 Å². The van der Waals surface area contributed by atoms with Gasteiger partial charge in [0.1, 0.15) is 43.3 Å². The number of benzene rings is 1. The smallest absolute Gasteiger partial charge is 0.147 e. The Morgan fingerprint density at radius 2 is 0.921 bits per heavy atom. The molecule has 11 aromatic rings. The second-order valence-electron chi connectivity index (χ2n) is 14.7. The molecule has 0 radical (unpaired) electrons. The molecule has 76 heavy (non-hydrogen) atoms. The lowest BCUT2D eigenvalue weighted by molar-refractivity contribution is 0.839. The van der Waals surface area contributed by atoms with Crippen molar-refractivity contribution < 1.29 is 0 Å². The van der Waals surface area contributed by atoms with E-state index < -0.39 is 0 Å². The molecule has 0 fully saturated rings. The van der Waals surface area contributed by atoms with Crippen LogP contribution < -0.4 is 0 Å². The van der Waals surface area contributed by atoms with Crippen LogP contribution in [-0.2, 0) is 0 Å². The molecule has 10 heterocycles. The predicted octanol–water partition coefficient (Wildman–Crippen LogP) is 6.49. The third-order valence-electron chi connectivity index (χ3n) is 7.83. The van der Waals surface area contributed by atoms with Crippen LogP contribution in [0.2, 0.25) is 0 Å². The Morgan fingerprint density at radius 3 is 1.28 bits per heavy atom. The van der Waals surface area contributed by atoms with Gasteiger partial charge in [0.25, 0.3) is 0 Å². The van der Waals surface area contributed by atoms with E-state index in [2.05, 4.69) is 145 Å². The molecular formula is C51H59N25. The summed E-state index contributed by atoms with van der Waals surface area (Å²) in [5, 5.41) is 56.9. The van der Waals surface area contributed by atoms with Crippen molar-refractivity contribution in [2.75, 3.05) is 0 Å². The summed E-state index contributed by atoms with van der Waals surface area (Å²) < 4.78 is 0. The minimum atomic E-state index is 0.711. The molecule has 0 aliphatic heterocycles. The van der Waals surface area contributed by atoms with Gasteiger partial charge in [0.05, 0.1) is 66.2 Å². The van der Waals surface area contributed by atoms with E-state index in [1.807, 2.05) is 111 Å². The number of rotatable bonds is 1. The summed E-state index contributed by atoms with van der Waals surface area (Å²) in [6.07, 6.45) is 29.1. The average Bonchev–Trinajstić information content (AvgIpc) is 3.45. The van der Waals surface area contributed by atoms with Crippen molar-refractivity contribution in [1.29, 1.82) is 0 Å². The second kappa shape index (κ2) is 41.3. The van der Waals surface area contributed by atoms with Crippen LogP contribution in [0.3, 0.4) is 0 Å². The monoisotopic (exact) mass is 1020 g/mol. The predicted molar refractivity (Wildman–Crippen MR) is 282 cm³/mol. The molecule has 1 aromatic carbocycles. The summed E-state index contributed by atoms with van der Waals surface area (Å²) in [6, 6.07) is 21.9. The van der Waals surface area contributed by atoms with Crippen LogP contribution in [-0.4, -0.2) is 127 Å². The first-order valence-electron chi connectivity index (χ1n) is 22.7. The summed E-state index contributed by atoms with van der Waals surface area (Å²) in [5.74, 6) is 1.47. The van der Waals surface area contributed by atoms with Gasteiger partial charge in [-0.15, -0.1) is 35.7 Å². The largest absolute Gasteiger partial charge is 0.262 e. The van der Waals surface area contributed by atoms with Crippen molar-refractivity contribution in [3.63, 3.8) is 0 Å². The van der Waals surface area contributed by atoms with Crippen molar-refractivity contribution in [1.82, 2.24) is 127 Å². The van der Waals surface area contributed by atoms with Crippen molar-refractivity contribution in [2.45, 2.75) is 69.2 Å². The van der Waals surface area contributed by atoms with Gasteiger partial charge in [0.2, 0.25) is 0 Å². The van der Waals surface area contributed by atoms with Crippen molar-refractivity contribution in [3.8, 4) is 11.1 Å². The normalized spacial score (nSPS) is 8.92. The van der Waals surface area contributed by atoms with Crippen LogP contribution in [0.15, 0.2) is 179 Å². The highest BCUT2D eigenvalue weighted by atomic mass is 15.3. The topological polar surface area (TPSA) is 322 Å². The highest BCUT2D eigenvalue weighted by molar-refractivity contribution is 5.63. The van der Waals surface area contributed by atoms with Crippen molar-refractivity contribution in [3.05, 3.63) is 236 Å². The van der Waals surface area contributed by atoms with Crippen LogP contribution in [0.5, 0.6) is 0 Å². The molecule has 0 aliphatic carbocycles. The zero-order valence-electron chi connectivity index (χ0n) is 43.9. The Bertz CT molecular complexity index is 2460. The van der Waals surface area contributed by atoms with Gasteiger partial charge in [-0.1, -0.05) is 30.3 Å². The first-order chi connectivity index (χ1) is 36.9. The lowest BCUT2D eigenvalue weighted by atomic mass is 10.1. The molecule has 25 heteroatoms. The zero-order valence-corrected chi connectivity index (χ0v) is 43.9. The van der Waals surface area contributed by atoms with E-state index in [1.54, 1.807) is 87.4 Å². The highest BCUT2D eigenvalue weighted by Gasteiger charge is 1.95. The molecule has 10 aromatic heterocycles. The van der Waals surface area contributed by atoms with Gasteiger partial charge in [0.15, 0.2) is 0 Å². The van der Waals surface area contributed by atoms with Gasteiger partial charge in [-0.2, -0.15) is 35.7 Å². The summed E-state index contributed by atoms with van der Waals surface area (Å²) >= 11 is 0. The third kappa shape index (κ3) is 35.7. The van der Waals surface area contributed by atoms with E-state index >= 15 is 0 Å². The fraction of sp³-hybridized carbons (Fsp3) is 0.196. The van der Waals surface area contributed by atoms with Crippen LogP contribution in [0.1, 0.15) is 56.8 Å². The first-order valence-corrected chi connectivity index (χ1v) is 22.7. The molecule has 0 saturated carbocycles. The number of aryl methyl sites for hydroxylation is 10. The second-order valence-corrected chi connectivity index (χ2v) is 14.7. The van der Waals surface area contributed by atoms with E-state index in [-0.39, 0.29) is 0 Å². The maximum atomic E-state index is 4.17. The summed E-state index contributed by atoms with van der Waals surface area (Å²) in [6.45, 7) is 19.0. The van der Waals surface area contributed by atoms with Gasteiger partial charge < -0.3 is 0 Å². The average molecular weight is 1020 g/mol. The number of aromatic nitrogens is 25. The van der Waals surface area contributed by atoms with Gasteiger partial charge in [-0.25, -0.2) is 39.9 Å². The Kier molecular flexibility index (Phi) is 33.6. The molecule has 0 aliphatic rings. The molecule has 0 saturated heterocycles. The van der Waals surface area contributed by atoms with Crippen LogP contribution in [0.25, 0.3) is 11.1 Å². The number of nitrogens with zero attached hydrogens (tertiary/aromatic N) is 25. The molecule has 0 unspecified atom stereocenters. The summed E-state index contributed by atoms with van der Waals surface area (Å²) in [7, 11) is 0.